The van der Waals surface area contributed by atoms with Crippen molar-refractivity contribution < 1.29 is 19.4 Å². The van der Waals surface area contributed by atoms with Crippen LogP contribution in [0.5, 0.6) is 5.75 Å². The fourth-order valence-electron chi connectivity index (χ4n) is 9.00. The van der Waals surface area contributed by atoms with Crippen molar-refractivity contribution >= 4 is 62.6 Å². The van der Waals surface area contributed by atoms with Crippen molar-refractivity contribution in [3.05, 3.63) is 98.0 Å². The van der Waals surface area contributed by atoms with Crippen LogP contribution < -0.4 is 9.64 Å². The van der Waals surface area contributed by atoms with Gasteiger partial charge in [0.15, 0.2) is 0 Å². The van der Waals surface area contributed by atoms with E-state index in [-0.39, 0.29) is 17.5 Å². The van der Waals surface area contributed by atoms with Gasteiger partial charge >= 0.3 is 5.97 Å². The predicted octanol–water partition coefficient (Wildman–Crippen LogP) is 9.56. The van der Waals surface area contributed by atoms with Crippen molar-refractivity contribution in [1.82, 2.24) is 23.8 Å². The number of aromatic nitrogens is 4. The van der Waals surface area contributed by atoms with Crippen molar-refractivity contribution in [2.24, 2.45) is 7.05 Å². The number of halogens is 2. The standard InChI is InChI=1S/C44H48Cl2N6O4/c1-25-20-31(21-26(2)40(25)46)56-19-9-10-32-33-12-13-35(45)39(38-28(4)47-48(6)29(38)5)41(33)52-27(3)23-51(43(53)42(32)52)37-24-50(18-17-49-15-7-8-16-49)36-14-11-30(44(54)55)22-34(36)37/h11-14,20-22,24,27H,7-10,15-19,23H2,1-6H3,(H,54,55)/t27-/m1/s1. The Bertz CT molecular complexity index is 2520. The molecule has 1 atom stereocenters. The van der Waals surface area contributed by atoms with E-state index in [1.54, 1.807) is 12.1 Å². The summed E-state index contributed by atoms with van der Waals surface area (Å²) in [6.07, 6.45) is 5.70. The van der Waals surface area contributed by atoms with Crippen LogP contribution in [0.15, 0.2) is 48.7 Å². The summed E-state index contributed by atoms with van der Waals surface area (Å²) >= 11 is 13.6. The zero-order valence-electron chi connectivity index (χ0n) is 32.9. The van der Waals surface area contributed by atoms with E-state index in [1.165, 1.54) is 12.8 Å². The molecule has 0 radical (unpaired) electrons. The monoisotopic (exact) mass is 794 g/mol. The lowest BCUT2D eigenvalue weighted by Crippen LogP contribution is -2.42. The molecule has 0 unspecified atom stereocenters. The van der Waals surface area contributed by atoms with Gasteiger partial charge in [-0.15, -0.1) is 0 Å². The highest BCUT2D eigenvalue weighted by Gasteiger charge is 2.38. The summed E-state index contributed by atoms with van der Waals surface area (Å²) in [5, 5.41) is 17.8. The molecule has 56 heavy (non-hydrogen) atoms. The minimum atomic E-state index is -1.00. The van der Waals surface area contributed by atoms with E-state index in [0.717, 1.165) is 104 Å². The fraction of sp³-hybridized carbons (Fsp3) is 0.386. The third-order valence-corrected chi connectivity index (χ3v) is 12.7. The summed E-state index contributed by atoms with van der Waals surface area (Å²) in [7, 11) is 1.93. The van der Waals surface area contributed by atoms with Crippen LogP contribution in [0.25, 0.3) is 32.9 Å². The van der Waals surface area contributed by atoms with Gasteiger partial charge in [0.25, 0.3) is 5.91 Å². The normalized spacial score (nSPS) is 16.1. The minimum absolute atomic E-state index is 0.125. The Balaban J connectivity index is 1.25. The number of carbonyl (C=O) groups is 2. The van der Waals surface area contributed by atoms with Gasteiger partial charge in [0.1, 0.15) is 11.4 Å². The van der Waals surface area contributed by atoms with Crippen molar-refractivity contribution in [2.45, 2.75) is 72.9 Å². The third-order valence-electron chi connectivity index (χ3n) is 11.8. The Kier molecular flexibility index (Phi) is 10.2. The molecule has 2 aliphatic rings. The van der Waals surface area contributed by atoms with Crippen LogP contribution in [-0.2, 0) is 20.0 Å². The zero-order valence-corrected chi connectivity index (χ0v) is 34.4. The molecule has 12 heteroatoms. The molecule has 1 fully saturated rings. The predicted molar refractivity (Wildman–Crippen MR) is 224 cm³/mol. The van der Waals surface area contributed by atoms with Crippen LogP contribution in [-0.4, -0.2) is 73.6 Å². The number of ether oxygens (including phenoxy) is 1. The van der Waals surface area contributed by atoms with Crippen molar-refractivity contribution in [3.8, 4) is 16.9 Å². The number of amides is 1. The maximum atomic E-state index is 15.3. The molecule has 5 heterocycles. The number of rotatable bonds is 11. The Morgan fingerprint density at radius 1 is 0.964 bits per heavy atom. The number of nitrogens with zero attached hydrogens (tertiary/aromatic N) is 6. The second-order valence-corrected chi connectivity index (χ2v) is 16.4. The number of carbonyl (C=O) groups excluding carboxylic acids is 1. The van der Waals surface area contributed by atoms with E-state index in [9.17, 15) is 9.90 Å². The van der Waals surface area contributed by atoms with Gasteiger partial charge in [0, 0.05) is 71.5 Å². The van der Waals surface area contributed by atoms with Crippen LogP contribution in [0, 0.1) is 27.7 Å². The summed E-state index contributed by atoms with van der Waals surface area (Å²) in [4.78, 5) is 31.8. The van der Waals surface area contributed by atoms with Gasteiger partial charge in [-0.3, -0.25) is 9.48 Å². The molecular formula is C44H48Cl2N6O4. The first-order chi connectivity index (χ1) is 26.8. The van der Waals surface area contributed by atoms with Crippen LogP contribution >= 0.6 is 23.2 Å². The van der Waals surface area contributed by atoms with Crippen LogP contribution in [0.2, 0.25) is 10.0 Å². The highest BCUT2D eigenvalue weighted by atomic mass is 35.5. The maximum Gasteiger partial charge on any atom is 0.335 e. The lowest BCUT2D eigenvalue weighted by molar-refractivity contribution is 0.0696. The first-order valence-electron chi connectivity index (χ1n) is 19.5. The molecule has 1 N–H and O–H groups in total. The van der Waals surface area contributed by atoms with Crippen molar-refractivity contribution in [2.75, 3.05) is 37.7 Å². The second kappa shape index (κ2) is 15.0. The van der Waals surface area contributed by atoms with Gasteiger partial charge in [-0.2, -0.15) is 5.10 Å². The Morgan fingerprint density at radius 2 is 1.70 bits per heavy atom. The number of likely N-dealkylation sites (tertiary alicyclic amines) is 1. The maximum absolute atomic E-state index is 15.3. The number of benzene rings is 3. The Labute approximate surface area is 337 Å². The quantitative estimate of drug-likeness (QED) is 0.131. The van der Waals surface area contributed by atoms with Gasteiger partial charge in [0.2, 0.25) is 0 Å². The van der Waals surface area contributed by atoms with E-state index in [2.05, 4.69) is 21.0 Å². The van der Waals surface area contributed by atoms with Crippen LogP contribution in [0.1, 0.15) is 81.2 Å². The topological polar surface area (TPSA) is 97.8 Å². The molecule has 3 aromatic carbocycles. The van der Waals surface area contributed by atoms with E-state index < -0.39 is 5.97 Å². The number of hydrogen-bond acceptors (Lipinski definition) is 5. The Morgan fingerprint density at radius 3 is 2.38 bits per heavy atom. The van der Waals surface area contributed by atoms with Crippen molar-refractivity contribution in [3.63, 3.8) is 0 Å². The number of aromatic carboxylic acids is 1. The molecule has 10 nitrogen and oxygen atoms in total. The summed E-state index contributed by atoms with van der Waals surface area (Å²) in [6.45, 7) is 14.8. The lowest BCUT2D eigenvalue weighted by atomic mass is 9.98. The summed E-state index contributed by atoms with van der Waals surface area (Å²) in [6, 6.07) is 13.0. The van der Waals surface area contributed by atoms with Gasteiger partial charge in [0.05, 0.1) is 39.6 Å². The molecule has 2 aliphatic heterocycles. The van der Waals surface area contributed by atoms with Crippen LogP contribution in [0.4, 0.5) is 5.69 Å². The first-order valence-corrected chi connectivity index (χ1v) is 20.2. The number of carboxylic acids is 1. The number of hydrogen-bond donors (Lipinski definition) is 1. The summed E-state index contributed by atoms with van der Waals surface area (Å²) in [5.74, 6) is -0.359. The second-order valence-electron chi connectivity index (χ2n) is 15.6. The minimum Gasteiger partial charge on any atom is -0.494 e. The molecule has 1 amide bonds. The fourth-order valence-corrected chi connectivity index (χ4v) is 9.36. The molecule has 0 aliphatic carbocycles. The Hall–Kier alpha value is -4.77. The van der Waals surface area contributed by atoms with Gasteiger partial charge in [-0.05, 0) is 126 Å². The molecule has 8 rings (SSSR count). The number of anilines is 1. The molecule has 3 aromatic heterocycles. The SMILES string of the molecule is Cc1cc(OCCCc2c3n(c4c(-c5c(C)nn(C)c5C)c(Cl)ccc24)[C@H](C)CN(c2cn(CCN4CCCC4)c4ccc(C(=O)O)cc24)C3=O)cc(C)c1Cl. The average molecular weight is 796 g/mol. The first kappa shape index (κ1) is 38.1. The van der Waals surface area contributed by atoms with E-state index in [4.69, 9.17) is 33.0 Å². The highest BCUT2D eigenvalue weighted by molar-refractivity contribution is 6.35. The molecule has 6 aromatic rings. The molecule has 1 saturated heterocycles. The molecule has 292 valence electrons. The number of fused-ring (bicyclic) bond motifs is 4. The van der Waals surface area contributed by atoms with E-state index in [1.807, 2.05) is 80.9 Å². The largest absolute Gasteiger partial charge is 0.494 e. The van der Waals surface area contributed by atoms with E-state index in [0.29, 0.717) is 36.7 Å². The van der Waals surface area contributed by atoms with E-state index >= 15 is 4.79 Å². The summed E-state index contributed by atoms with van der Waals surface area (Å²) < 4.78 is 12.5. The van der Waals surface area contributed by atoms with Gasteiger partial charge in [-0.25, -0.2) is 4.79 Å². The van der Waals surface area contributed by atoms with Gasteiger partial charge < -0.3 is 28.8 Å². The average Bonchev–Trinajstić information content (AvgIpc) is 3.94. The molecule has 0 saturated carbocycles. The van der Waals surface area contributed by atoms with Crippen LogP contribution in [0.3, 0.4) is 0 Å². The van der Waals surface area contributed by atoms with Gasteiger partial charge in [-0.1, -0.05) is 29.3 Å². The molecule has 0 bridgehead atoms. The number of aryl methyl sites for hydroxylation is 5. The number of carboxylic acid groups (broad SMARTS) is 1. The smallest absolute Gasteiger partial charge is 0.335 e. The third kappa shape index (κ3) is 6.55. The lowest BCUT2D eigenvalue weighted by Gasteiger charge is -2.34. The van der Waals surface area contributed by atoms with Crippen molar-refractivity contribution in [1.29, 1.82) is 0 Å². The summed E-state index contributed by atoms with van der Waals surface area (Å²) in [5.41, 5.74) is 9.94. The molecular weight excluding hydrogens is 747 g/mol. The molecule has 0 spiro atoms. The zero-order chi connectivity index (χ0) is 39.6. The highest BCUT2D eigenvalue weighted by Crippen LogP contribution is 2.46.